The highest BCUT2D eigenvalue weighted by molar-refractivity contribution is 6.31. The van der Waals surface area contributed by atoms with Gasteiger partial charge in [0.2, 0.25) is 0 Å². The normalized spacial score (nSPS) is 13.6. The fraction of sp³-hybridized carbons (Fsp3) is 0.526. The van der Waals surface area contributed by atoms with Crippen LogP contribution in [0.1, 0.15) is 45.2 Å². The standard InChI is InChI=1S/C19H25ClO6/c1-6-25-17(24)19(16(22)23,11-15(21)26-18(3,4)5)10-13-7-8-14(20)12(2)9-13/h7-9H,6,10-11H2,1-5H3,(H,22,23). The summed E-state index contributed by atoms with van der Waals surface area (Å²) >= 11 is 6.00. The quantitative estimate of drug-likeness (QED) is 0.571. The highest BCUT2D eigenvalue weighted by atomic mass is 35.5. The van der Waals surface area contributed by atoms with Crippen molar-refractivity contribution in [3.8, 4) is 0 Å². The van der Waals surface area contributed by atoms with Crippen molar-refractivity contribution >= 4 is 29.5 Å². The van der Waals surface area contributed by atoms with Crippen LogP contribution in [0.5, 0.6) is 0 Å². The summed E-state index contributed by atoms with van der Waals surface area (Å²) in [6, 6.07) is 4.94. The molecular weight excluding hydrogens is 360 g/mol. The van der Waals surface area contributed by atoms with Gasteiger partial charge in [0, 0.05) is 5.02 Å². The molecule has 1 atom stereocenters. The van der Waals surface area contributed by atoms with Gasteiger partial charge in [-0.2, -0.15) is 0 Å². The Hall–Kier alpha value is -2.08. The molecule has 144 valence electrons. The Kier molecular flexibility index (Phi) is 7.21. The number of carbonyl (C=O) groups excluding carboxylic acids is 2. The molecule has 1 aromatic rings. The van der Waals surface area contributed by atoms with Crippen LogP contribution in [-0.2, 0) is 30.3 Å². The van der Waals surface area contributed by atoms with Gasteiger partial charge in [-0.1, -0.05) is 23.7 Å². The Balaban J connectivity index is 3.29. The molecule has 0 radical (unpaired) electrons. The number of hydrogen-bond acceptors (Lipinski definition) is 5. The van der Waals surface area contributed by atoms with E-state index in [1.54, 1.807) is 52.8 Å². The highest BCUT2D eigenvalue weighted by Crippen LogP contribution is 2.32. The van der Waals surface area contributed by atoms with Gasteiger partial charge in [0.15, 0.2) is 5.41 Å². The van der Waals surface area contributed by atoms with Gasteiger partial charge in [0.25, 0.3) is 0 Å². The smallest absolute Gasteiger partial charge is 0.324 e. The lowest BCUT2D eigenvalue weighted by atomic mass is 9.78. The van der Waals surface area contributed by atoms with Crippen LogP contribution >= 0.6 is 11.6 Å². The number of carboxylic acid groups (broad SMARTS) is 1. The van der Waals surface area contributed by atoms with Crippen molar-refractivity contribution in [3.63, 3.8) is 0 Å². The van der Waals surface area contributed by atoms with Crippen molar-refractivity contribution in [1.29, 1.82) is 0 Å². The third-order valence-corrected chi connectivity index (χ3v) is 4.09. The molecular formula is C19H25ClO6. The van der Waals surface area contributed by atoms with Gasteiger partial charge in [-0.05, 0) is 58.2 Å². The minimum Gasteiger partial charge on any atom is -0.480 e. The third kappa shape index (κ3) is 5.73. The molecule has 0 aliphatic carbocycles. The molecule has 7 heteroatoms. The Morgan fingerprint density at radius 1 is 1.19 bits per heavy atom. The van der Waals surface area contributed by atoms with E-state index in [0.717, 1.165) is 5.56 Å². The average molecular weight is 385 g/mol. The summed E-state index contributed by atoms with van der Waals surface area (Å²) in [6.45, 7) is 8.35. The number of carboxylic acids is 1. The minimum atomic E-state index is -2.07. The van der Waals surface area contributed by atoms with Crippen LogP contribution in [0.25, 0.3) is 0 Å². The van der Waals surface area contributed by atoms with E-state index in [1.807, 2.05) is 0 Å². The molecule has 0 saturated heterocycles. The van der Waals surface area contributed by atoms with Crippen molar-refractivity contribution in [2.24, 2.45) is 5.41 Å². The highest BCUT2D eigenvalue weighted by Gasteiger charge is 2.50. The van der Waals surface area contributed by atoms with Crippen LogP contribution < -0.4 is 0 Å². The molecule has 1 rings (SSSR count). The summed E-state index contributed by atoms with van der Waals surface area (Å²) in [6.07, 6.45) is -0.835. The van der Waals surface area contributed by atoms with Crippen LogP contribution in [0, 0.1) is 12.3 Å². The maximum atomic E-state index is 12.5. The second kappa shape index (κ2) is 8.54. The molecule has 0 bridgehead atoms. The summed E-state index contributed by atoms with van der Waals surface area (Å²) < 4.78 is 10.2. The third-order valence-electron chi connectivity index (χ3n) is 3.67. The second-order valence-corrected chi connectivity index (χ2v) is 7.54. The molecule has 0 heterocycles. The number of aliphatic carboxylic acids is 1. The predicted molar refractivity (Wildman–Crippen MR) is 97.1 cm³/mol. The average Bonchev–Trinajstić information content (AvgIpc) is 2.48. The Bertz CT molecular complexity index is 692. The van der Waals surface area contributed by atoms with E-state index in [-0.39, 0.29) is 13.0 Å². The zero-order valence-corrected chi connectivity index (χ0v) is 16.5. The first-order valence-electron chi connectivity index (χ1n) is 8.29. The van der Waals surface area contributed by atoms with Gasteiger partial charge < -0.3 is 14.6 Å². The number of rotatable bonds is 7. The van der Waals surface area contributed by atoms with Crippen molar-refractivity contribution in [2.45, 2.75) is 53.1 Å². The Morgan fingerprint density at radius 3 is 2.27 bits per heavy atom. The summed E-state index contributed by atoms with van der Waals surface area (Å²) in [4.78, 5) is 36.9. The fourth-order valence-electron chi connectivity index (χ4n) is 2.50. The molecule has 0 aliphatic heterocycles. The molecule has 0 spiro atoms. The lowest BCUT2D eigenvalue weighted by molar-refractivity contribution is -0.177. The number of esters is 2. The first kappa shape index (κ1) is 22.0. The first-order chi connectivity index (χ1) is 11.9. The Labute approximate surface area is 158 Å². The van der Waals surface area contributed by atoms with E-state index in [1.165, 1.54) is 0 Å². The molecule has 1 N–H and O–H groups in total. The van der Waals surface area contributed by atoms with Crippen LogP contribution in [0.2, 0.25) is 5.02 Å². The van der Waals surface area contributed by atoms with E-state index in [2.05, 4.69) is 0 Å². The van der Waals surface area contributed by atoms with E-state index >= 15 is 0 Å². The topological polar surface area (TPSA) is 89.9 Å². The van der Waals surface area contributed by atoms with Crippen LogP contribution in [-0.4, -0.2) is 35.2 Å². The van der Waals surface area contributed by atoms with E-state index < -0.39 is 35.3 Å². The molecule has 0 saturated carbocycles. The molecule has 0 amide bonds. The monoisotopic (exact) mass is 384 g/mol. The molecule has 0 aliphatic rings. The summed E-state index contributed by atoms with van der Waals surface area (Å²) in [5.41, 5.74) is -1.57. The second-order valence-electron chi connectivity index (χ2n) is 7.13. The van der Waals surface area contributed by atoms with Crippen LogP contribution in [0.15, 0.2) is 18.2 Å². The zero-order chi connectivity index (χ0) is 20.1. The maximum absolute atomic E-state index is 12.5. The summed E-state index contributed by atoms with van der Waals surface area (Å²) in [5, 5.41) is 10.3. The van der Waals surface area contributed by atoms with Gasteiger partial charge in [-0.15, -0.1) is 0 Å². The Morgan fingerprint density at radius 2 is 1.81 bits per heavy atom. The first-order valence-corrected chi connectivity index (χ1v) is 8.66. The van der Waals surface area contributed by atoms with Crippen molar-refractivity contribution in [3.05, 3.63) is 34.3 Å². The number of aryl methyl sites for hydroxylation is 1. The van der Waals surface area contributed by atoms with Gasteiger partial charge in [0.1, 0.15) is 5.60 Å². The van der Waals surface area contributed by atoms with Gasteiger partial charge in [-0.25, -0.2) is 0 Å². The largest absolute Gasteiger partial charge is 0.480 e. The zero-order valence-electron chi connectivity index (χ0n) is 15.7. The van der Waals surface area contributed by atoms with Gasteiger partial charge >= 0.3 is 17.9 Å². The summed E-state index contributed by atoms with van der Waals surface area (Å²) in [5.74, 6) is -3.18. The van der Waals surface area contributed by atoms with E-state index in [9.17, 15) is 19.5 Å². The van der Waals surface area contributed by atoms with Crippen molar-refractivity contribution < 1.29 is 29.0 Å². The van der Waals surface area contributed by atoms with E-state index in [4.69, 9.17) is 21.1 Å². The number of carbonyl (C=O) groups is 3. The van der Waals surface area contributed by atoms with Crippen LogP contribution in [0.4, 0.5) is 0 Å². The number of benzene rings is 1. The molecule has 1 unspecified atom stereocenters. The number of halogens is 1. The number of hydrogen-bond donors (Lipinski definition) is 1. The molecule has 6 nitrogen and oxygen atoms in total. The lowest BCUT2D eigenvalue weighted by Gasteiger charge is -2.28. The number of ether oxygens (including phenoxy) is 2. The summed E-state index contributed by atoms with van der Waals surface area (Å²) in [7, 11) is 0. The predicted octanol–water partition coefficient (Wildman–Crippen LogP) is 3.56. The SMILES string of the molecule is CCOC(=O)C(CC(=O)OC(C)(C)C)(Cc1ccc(Cl)c(C)c1)C(=O)O. The lowest BCUT2D eigenvalue weighted by Crippen LogP contribution is -2.45. The maximum Gasteiger partial charge on any atom is 0.324 e. The molecule has 0 fully saturated rings. The van der Waals surface area contributed by atoms with E-state index in [0.29, 0.717) is 10.6 Å². The molecule has 1 aromatic carbocycles. The van der Waals surface area contributed by atoms with Gasteiger partial charge in [0.05, 0.1) is 13.0 Å². The van der Waals surface area contributed by atoms with Crippen molar-refractivity contribution in [2.75, 3.05) is 6.61 Å². The van der Waals surface area contributed by atoms with Crippen LogP contribution in [0.3, 0.4) is 0 Å². The minimum absolute atomic E-state index is 0.00181. The van der Waals surface area contributed by atoms with Gasteiger partial charge in [-0.3, -0.25) is 14.4 Å². The molecule has 0 aromatic heterocycles. The van der Waals surface area contributed by atoms with Crippen molar-refractivity contribution in [1.82, 2.24) is 0 Å². The fourth-order valence-corrected chi connectivity index (χ4v) is 2.62. The molecule has 26 heavy (non-hydrogen) atoms.